The Hall–Kier alpha value is -2.82. The smallest absolute Gasteiger partial charge is 0.228 e. The number of benzene rings is 1. The molecule has 1 aromatic carbocycles. The van der Waals surface area contributed by atoms with Crippen LogP contribution < -0.4 is 9.47 Å². The van der Waals surface area contributed by atoms with Crippen molar-refractivity contribution in [3.05, 3.63) is 48.9 Å². The molecule has 0 aliphatic rings. The summed E-state index contributed by atoms with van der Waals surface area (Å²) >= 11 is 0. The van der Waals surface area contributed by atoms with E-state index in [1.54, 1.807) is 32.8 Å². The van der Waals surface area contributed by atoms with Crippen molar-refractivity contribution in [1.82, 2.24) is 9.97 Å². The average molecular weight is 282 g/mol. The second-order valence-electron chi connectivity index (χ2n) is 4.34. The first-order valence-electron chi connectivity index (χ1n) is 6.40. The van der Waals surface area contributed by atoms with Gasteiger partial charge in [-0.3, -0.25) is 4.98 Å². The van der Waals surface area contributed by atoms with Crippen molar-refractivity contribution in [2.24, 2.45) is 0 Å². The molecule has 0 fully saturated rings. The lowest BCUT2D eigenvalue weighted by molar-refractivity contribution is 0.355. The maximum atomic E-state index is 5.78. The number of aromatic nitrogens is 2. The number of hydrogen-bond donors (Lipinski definition) is 0. The molecule has 2 aromatic heterocycles. The predicted molar refractivity (Wildman–Crippen MR) is 78.3 cm³/mol. The van der Waals surface area contributed by atoms with E-state index in [-0.39, 0.29) is 0 Å². The molecule has 0 atom stereocenters. The summed E-state index contributed by atoms with van der Waals surface area (Å²) in [6.07, 6.45) is 5.11. The van der Waals surface area contributed by atoms with Crippen LogP contribution >= 0.6 is 0 Å². The van der Waals surface area contributed by atoms with Crippen LogP contribution in [-0.4, -0.2) is 24.2 Å². The van der Waals surface area contributed by atoms with Gasteiger partial charge in [-0.25, -0.2) is 4.98 Å². The third kappa shape index (κ3) is 2.58. The molecular formula is C16H14N2O3. The van der Waals surface area contributed by atoms with Crippen LogP contribution in [0.4, 0.5) is 0 Å². The van der Waals surface area contributed by atoms with Gasteiger partial charge < -0.3 is 13.9 Å². The van der Waals surface area contributed by atoms with E-state index in [1.807, 2.05) is 30.3 Å². The molecule has 21 heavy (non-hydrogen) atoms. The van der Waals surface area contributed by atoms with Crippen LogP contribution in [-0.2, 0) is 0 Å². The van der Waals surface area contributed by atoms with Crippen LogP contribution in [0.5, 0.6) is 11.5 Å². The van der Waals surface area contributed by atoms with E-state index in [2.05, 4.69) is 9.97 Å². The Labute approximate surface area is 122 Å². The molecule has 5 nitrogen and oxygen atoms in total. The van der Waals surface area contributed by atoms with Gasteiger partial charge in [0.05, 0.1) is 26.0 Å². The van der Waals surface area contributed by atoms with Crippen molar-refractivity contribution >= 4 is 0 Å². The fourth-order valence-corrected chi connectivity index (χ4v) is 2.02. The first-order chi connectivity index (χ1) is 10.3. The first kappa shape index (κ1) is 13.2. The Kier molecular flexibility index (Phi) is 3.55. The Balaban J connectivity index is 1.97. The molecule has 0 saturated carbocycles. The van der Waals surface area contributed by atoms with Crippen molar-refractivity contribution in [1.29, 1.82) is 0 Å². The zero-order valence-electron chi connectivity index (χ0n) is 11.7. The summed E-state index contributed by atoms with van der Waals surface area (Å²) in [6.45, 7) is 0. The Morgan fingerprint density at radius 2 is 1.81 bits per heavy atom. The maximum absolute atomic E-state index is 5.78. The zero-order chi connectivity index (χ0) is 14.7. The minimum absolute atomic E-state index is 0.535. The molecule has 0 bridgehead atoms. The summed E-state index contributed by atoms with van der Waals surface area (Å²) < 4.78 is 16.3. The SMILES string of the molecule is COc1ccc(-c2cnc(-c3cccnc3)o2)cc1OC. The van der Waals surface area contributed by atoms with Crippen LogP contribution in [0.2, 0.25) is 0 Å². The minimum atomic E-state index is 0.535. The monoisotopic (exact) mass is 282 g/mol. The topological polar surface area (TPSA) is 57.4 Å². The largest absolute Gasteiger partial charge is 0.493 e. The lowest BCUT2D eigenvalue weighted by Crippen LogP contribution is -1.90. The van der Waals surface area contributed by atoms with Crippen molar-refractivity contribution in [3.8, 4) is 34.3 Å². The summed E-state index contributed by atoms with van der Waals surface area (Å²) in [5.74, 6) is 2.52. The quantitative estimate of drug-likeness (QED) is 0.733. The number of oxazole rings is 1. The maximum Gasteiger partial charge on any atom is 0.228 e. The predicted octanol–water partition coefficient (Wildman–Crippen LogP) is 3.42. The van der Waals surface area contributed by atoms with Gasteiger partial charge in [-0.1, -0.05) is 0 Å². The molecule has 3 aromatic rings. The van der Waals surface area contributed by atoms with Gasteiger partial charge in [0.15, 0.2) is 17.3 Å². The highest BCUT2D eigenvalue weighted by Gasteiger charge is 2.11. The molecule has 5 heteroatoms. The van der Waals surface area contributed by atoms with E-state index in [0.29, 0.717) is 23.1 Å². The lowest BCUT2D eigenvalue weighted by atomic mass is 10.1. The third-order valence-electron chi connectivity index (χ3n) is 3.08. The fraction of sp³-hybridized carbons (Fsp3) is 0.125. The molecule has 0 unspecified atom stereocenters. The van der Waals surface area contributed by atoms with E-state index in [9.17, 15) is 0 Å². The van der Waals surface area contributed by atoms with Crippen molar-refractivity contribution in [3.63, 3.8) is 0 Å². The van der Waals surface area contributed by atoms with E-state index in [1.165, 1.54) is 0 Å². The summed E-state index contributed by atoms with van der Waals surface area (Å²) in [6, 6.07) is 9.33. The number of ether oxygens (including phenoxy) is 2. The van der Waals surface area contributed by atoms with Gasteiger partial charge in [0, 0.05) is 18.0 Å². The molecular weight excluding hydrogens is 268 g/mol. The van der Waals surface area contributed by atoms with Crippen LogP contribution in [0.1, 0.15) is 0 Å². The van der Waals surface area contributed by atoms with Gasteiger partial charge in [-0.2, -0.15) is 0 Å². The van der Waals surface area contributed by atoms with E-state index < -0.39 is 0 Å². The van der Waals surface area contributed by atoms with Gasteiger partial charge in [0.2, 0.25) is 5.89 Å². The third-order valence-corrected chi connectivity index (χ3v) is 3.08. The molecule has 3 rings (SSSR count). The molecule has 0 N–H and O–H groups in total. The molecule has 0 amide bonds. The van der Waals surface area contributed by atoms with Gasteiger partial charge in [-0.15, -0.1) is 0 Å². The number of hydrogen-bond acceptors (Lipinski definition) is 5. The standard InChI is InChI=1S/C16H14N2O3/c1-19-13-6-5-11(8-14(13)20-2)15-10-18-16(21-15)12-4-3-7-17-9-12/h3-10H,1-2H3. The molecule has 0 saturated heterocycles. The Bertz CT molecular complexity index is 738. The molecule has 2 heterocycles. The summed E-state index contributed by atoms with van der Waals surface area (Å²) in [4.78, 5) is 8.34. The molecule has 0 radical (unpaired) electrons. The molecule has 0 spiro atoms. The fourth-order valence-electron chi connectivity index (χ4n) is 2.02. The van der Waals surface area contributed by atoms with Gasteiger partial charge in [0.25, 0.3) is 0 Å². The first-order valence-corrected chi connectivity index (χ1v) is 6.40. The highest BCUT2D eigenvalue weighted by molar-refractivity contribution is 5.64. The lowest BCUT2D eigenvalue weighted by Gasteiger charge is -2.08. The number of nitrogens with zero attached hydrogens (tertiary/aromatic N) is 2. The van der Waals surface area contributed by atoms with Crippen LogP contribution in [0.15, 0.2) is 53.3 Å². The molecule has 0 aliphatic heterocycles. The van der Waals surface area contributed by atoms with Gasteiger partial charge in [-0.05, 0) is 30.3 Å². The average Bonchev–Trinajstić information content (AvgIpc) is 3.05. The second-order valence-corrected chi connectivity index (χ2v) is 4.34. The van der Waals surface area contributed by atoms with Gasteiger partial charge in [0.1, 0.15) is 0 Å². The highest BCUT2D eigenvalue weighted by atomic mass is 16.5. The summed E-state index contributed by atoms with van der Waals surface area (Å²) in [7, 11) is 3.20. The van der Waals surface area contributed by atoms with Crippen molar-refractivity contribution in [2.75, 3.05) is 14.2 Å². The number of pyridine rings is 1. The second kappa shape index (κ2) is 5.66. The van der Waals surface area contributed by atoms with Crippen LogP contribution in [0.3, 0.4) is 0 Å². The normalized spacial score (nSPS) is 10.4. The molecule has 106 valence electrons. The van der Waals surface area contributed by atoms with Crippen molar-refractivity contribution < 1.29 is 13.9 Å². The zero-order valence-corrected chi connectivity index (χ0v) is 11.7. The van der Waals surface area contributed by atoms with Crippen molar-refractivity contribution in [2.45, 2.75) is 0 Å². The van der Waals surface area contributed by atoms with E-state index in [0.717, 1.165) is 11.1 Å². The molecule has 0 aliphatic carbocycles. The number of rotatable bonds is 4. The van der Waals surface area contributed by atoms with E-state index >= 15 is 0 Å². The van der Waals surface area contributed by atoms with Crippen LogP contribution in [0.25, 0.3) is 22.8 Å². The Morgan fingerprint density at radius 1 is 0.952 bits per heavy atom. The van der Waals surface area contributed by atoms with E-state index in [4.69, 9.17) is 13.9 Å². The minimum Gasteiger partial charge on any atom is -0.493 e. The van der Waals surface area contributed by atoms with Gasteiger partial charge >= 0.3 is 0 Å². The summed E-state index contributed by atoms with van der Waals surface area (Å²) in [5.41, 5.74) is 1.71. The summed E-state index contributed by atoms with van der Waals surface area (Å²) in [5, 5.41) is 0. The van der Waals surface area contributed by atoms with Crippen LogP contribution in [0, 0.1) is 0 Å². The highest BCUT2D eigenvalue weighted by Crippen LogP contribution is 2.33. The number of methoxy groups -OCH3 is 2. The Morgan fingerprint density at radius 3 is 2.52 bits per heavy atom.